The van der Waals surface area contributed by atoms with Crippen molar-refractivity contribution in [1.29, 1.82) is 0 Å². The van der Waals surface area contributed by atoms with E-state index in [9.17, 15) is 0 Å². The average molecular weight is 340 g/mol. The van der Waals surface area contributed by atoms with Crippen molar-refractivity contribution in [3.8, 4) is 0 Å². The first kappa shape index (κ1) is 14.6. The fourth-order valence-corrected chi connectivity index (χ4v) is 2.52. The van der Waals surface area contributed by atoms with Crippen LogP contribution in [-0.2, 0) is 16.9 Å². The van der Waals surface area contributed by atoms with Crippen LogP contribution in [0.5, 0.6) is 0 Å². The number of benzene rings is 2. The lowest BCUT2D eigenvalue weighted by Gasteiger charge is -2.28. The predicted molar refractivity (Wildman–Crippen MR) is 83.8 cm³/mol. The minimum atomic E-state index is -0.361. The monoisotopic (exact) mass is 338 g/mol. The molecular weight excluding hydrogens is 324 g/mol. The third-order valence-electron chi connectivity index (χ3n) is 3.14. The Labute approximate surface area is 127 Å². The van der Waals surface area contributed by atoms with Crippen LogP contribution in [0.4, 0.5) is 0 Å². The first-order valence-corrected chi connectivity index (χ1v) is 7.64. The van der Waals surface area contributed by atoms with Gasteiger partial charge in [0.2, 0.25) is 0 Å². The maximum absolute atomic E-state index is 6.15. The van der Waals surface area contributed by atoms with Crippen LogP contribution < -0.4 is 0 Å². The summed E-state index contributed by atoms with van der Waals surface area (Å²) in [6, 6.07) is 18.0. The van der Waals surface area contributed by atoms with Gasteiger partial charge in [-0.1, -0.05) is 76.1 Å². The van der Waals surface area contributed by atoms with Gasteiger partial charge in [-0.05, 0) is 24.1 Å². The quantitative estimate of drug-likeness (QED) is 0.683. The van der Waals surface area contributed by atoms with E-state index in [-0.39, 0.29) is 5.60 Å². The number of halogens is 2. The Morgan fingerprint density at radius 2 is 1.68 bits per heavy atom. The lowest BCUT2D eigenvalue weighted by atomic mass is 9.98. The molecule has 0 amide bonds. The standard InChI is InChI=1S/C16H16BrClO/c1-16(12-17,14-8-3-2-4-9-14)19-11-13-7-5-6-10-15(13)18/h2-10H,11-12H2,1H3. The third kappa shape index (κ3) is 3.59. The second-order valence-electron chi connectivity index (χ2n) is 4.61. The zero-order valence-electron chi connectivity index (χ0n) is 10.8. The van der Waals surface area contributed by atoms with Crippen molar-refractivity contribution in [3.05, 3.63) is 70.7 Å². The van der Waals surface area contributed by atoms with E-state index in [4.69, 9.17) is 16.3 Å². The highest BCUT2D eigenvalue weighted by Gasteiger charge is 2.26. The Morgan fingerprint density at radius 1 is 1.05 bits per heavy atom. The van der Waals surface area contributed by atoms with Crippen LogP contribution in [-0.4, -0.2) is 5.33 Å². The molecule has 0 fully saturated rings. The van der Waals surface area contributed by atoms with Crippen LogP contribution in [0.1, 0.15) is 18.1 Å². The van der Waals surface area contributed by atoms with Gasteiger partial charge in [0.1, 0.15) is 5.60 Å². The summed E-state index contributed by atoms with van der Waals surface area (Å²) < 4.78 is 6.10. The largest absolute Gasteiger partial charge is 0.365 e. The molecule has 0 aromatic heterocycles. The Kier molecular flexibility index (Phi) is 5.03. The number of ether oxygens (including phenoxy) is 1. The maximum atomic E-state index is 6.15. The van der Waals surface area contributed by atoms with Crippen molar-refractivity contribution in [2.45, 2.75) is 19.1 Å². The number of hydrogen-bond donors (Lipinski definition) is 0. The first-order chi connectivity index (χ1) is 9.15. The topological polar surface area (TPSA) is 9.23 Å². The molecule has 0 radical (unpaired) electrons. The summed E-state index contributed by atoms with van der Waals surface area (Å²) in [6.45, 7) is 2.57. The van der Waals surface area contributed by atoms with E-state index in [2.05, 4.69) is 35.0 Å². The average Bonchev–Trinajstić information content (AvgIpc) is 2.47. The molecule has 1 unspecified atom stereocenters. The van der Waals surface area contributed by atoms with Crippen LogP contribution in [0.15, 0.2) is 54.6 Å². The number of alkyl halides is 1. The lowest BCUT2D eigenvalue weighted by Crippen LogP contribution is -2.27. The summed E-state index contributed by atoms with van der Waals surface area (Å²) in [6.07, 6.45) is 0. The Bertz CT molecular complexity index is 529. The van der Waals surface area contributed by atoms with Gasteiger partial charge >= 0.3 is 0 Å². The van der Waals surface area contributed by atoms with Crippen molar-refractivity contribution in [3.63, 3.8) is 0 Å². The predicted octanol–water partition coefficient (Wildman–Crippen LogP) is 5.17. The molecule has 2 aromatic carbocycles. The van der Waals surface area contributed by atoms with Gasteiger partial charge in [0.25, 0.3) is 0 Å². The van der Waals surface area contributed by atoms with E-state index >= 15 is 0 Å². The zero-order chi connectivity index (χ0) is 13.7. The molecule has 100 valence electrons. The van der Waals surface area contributed by atoms with Gasteiger partial charge in [-0.3, -0.25) is 0 Å². The highest BCUT2D eigenvalue weighted by molar-refractivity contribution is 9.09. The molecule has 0 bridgehead atoms. The molecule has 0 aliphatic rings. The van der Waals surface area contributed by atoms with Crippen LogP contribution in [0, 0.1) is 0 Å². The molecule has 0 spiro atoms. The molecule has 0 heterocycles. The summed E-state index contributed by atoms with van der Waals surface area (Å²) in [5, 5.41) is 1.47. The van der Waals surface area contributed by atoms with Crippen LogP contribution >= 0.6 is 27.5 Å². The summed E-state index contributed by atoms with van der Waals surface area (Å²) in [7, 11) is 0. The van der Waals surface area contributed by atoms with Gasteiger partial charge in [-0.15, -0.1) is 0 Å². The fourth-order valence-electron chi connectivity index (χ4n) is 1.84. The fraction of sp³-hybridized carbons (Fsp3) is 0.250. The normalized spacial score (nSPS) is 14.1. The Hall–Kier alpha value is -0.830. The SMILES string of the molecule is CC(CBr)(OCc1ccccc1Cl)c1ccccc1. The number of hydrogen-bond acceptors (Lipinski definition) is 1. The van der Waals surface area contributed by atoms with Gasteiger partial charge < -0.3 is 4.74 Å². The van der Waals surface area contributed by atoms with Crippen LogP contribution in [0.3, 0.4) is 0 Å². The molecule has 0 saturated carbocycles. The van der Waals surface area contributed by atoms with Crippen LogP contribution in [0.2, 0.25) is 5.02 Å². The van der Waals surface area contributed by atoms with Crippen molar-refractivity contribution in [1.82, 2.24) is 0 Å². The highest BCUT2D eigenvalue weighted by Crippen LogP contribution is 2.29. The molecule has 0 saturated heterocycles. The van der Waals surface area contributed by atoms with E-state index in [0.29, 0.717) is 6.61 Å². The van der Waals surface area contributed by atoms with Crippen molar-refractivity contribution >= 4 is 27.5 Å². The molecule has 0 N–H and O–H groups in total. The minimum absolute atomic E-state index is 0.361. The second-order valence-corrected chi connectivity index (χ2v) is 5.58. The van der Waals surface area contributed by atoms with E-state index in [1.54, 1.807) is 0 Å². The van der Waals surface area contributed by atoms with Gasteiger partial charge in [0, 0.05) is 10.4 Å². The summed E-state index contributed by atoms with van der Waals surface area (Å²) >= 11 is 9.69. The van der Waals surface area contributed by atoms with Crippen molar-refractivity contribution < 1.29 is 4.74 Å². The van der Waals surface area contributed by atoms with Crippen molar-refractivity contribution in [2.75, 3.05) is 5.33 Å². The molecule has 0 aliphatic carbocycles. The van der Waals surface area contributed by atoms with Gasteiger partial charge in [-0.25, -0.2) is 0 Å². The van der Waals surface area contributed by atoms with Crippen molar-refractivity contribution in [2.24, 2.45) is 0 Å². The summed E-state index contributed by atoms with van der Waals surface area (Å²) in [5.41, 5.74) is 1.80. The lowest BCUT2D eigenvalue weighted by molar-refractivity contribution is -0.0288. The summed E-state index contributed by atoms with van der Waals surface area (Å²) in [5.74, 6) is 0. The van der Waals surface area contributed by atoms with E-state index in [1.165, 1.54) is 0 Å². The molecule has 0 aliphatic heterocycles. The van der Waals surface area contributed by atoms with E-state index in [0.717, 1.165) is 21.5 Å². The molecular formula is C16H16BrClO. The maximum Gasteiger partial charge on any atom is 0.100 e. The molecule has 1 atom stereocenters. The summed E-state index contributed by atoms with van der Waals surface area (Å²) in [4.78, 5) is 0. The molecule has 19 heavy (non-hydrogen) atoms. The Morgan fingerprint density at radius 3 is 2.32 bits per heavy atom. The zero-order valence-corrected chi connectivity index (χ0v) is 13.1. The van der Waals surface area contributed by atoms with Crippen LogP contribution in [0.25, 0.3) is 0 Å². The second kappa shape index (κ2) is 6.56. The smallest absolute Gasteiger partial charge is 0.100 e. The third-order valence-corrected chi connectivity index (χ3v) is 4.58. The first-order valence-electron chi connectivity index (χ1n) is 6.14. The van der Waals surface area contributed by atoms with E-state index < -0.39 is 0 Å². The molecule has 2 aromatic rings. The minimum Gasteiger partial charge on any atom is -0.365 e. The number of rotatable bonds is 5. The Balaban J connectivity index is 2.14. The van der Waals surface area contributed by atoms with Gasteiger partial charge in [0.15, 0.2) is 0 Å². The molecule has 2 rings (SSSR count). The molecule has 1 nitrogen and oxygen atoms in total. The van der Waals surface area contributed by atoms with Gasteiger partial charge in [-0.2, -0.15) is 0 Å². The van der Waals surface area contributed by atoms with Gasteiger partial charge in [0.05, 0.1) is 6.61 Å². The van der Waals surface area contributed by atoms with E-state index in [1.807, 2.05) is 42.5 Å². The highest BCUT2D eigenvalue weighted by atomic mass is 79.9. The molecule has 3 heteroatoms.